The monoisotopic (exact) mass is 192 g/mol. The van der Waals surface area contributed by atoms with Gasteiger partial charge in [-0.3, -0.25) is 0 Å². The van der Waals surface area contributed by atoms with E-state index in [9.17, 15) is 0 Å². The molecule has 1 saturated heterocycles. The molecule has 1 aromatic rings. The third-order valence-electron chi connectivity index (χ3n) is 2.47. The average molecular weight is 192 g/mol. The Labute approximate surface area is 84.7 Å². The fourth-order valence-corrected chi connectivity index (χ4v) is 3.18. The Morgan fingerprint density at radius 1 is 1.08 bits per heavy atom. The van der Waals surface area contributed by atoms with E-state index in [-0.39, 0.29) is 0 Å². The summed E-state index contributed by atoms with van der Waals surface area (Å²) < 4.78 is 0. The van der Waals surface area contributed by atoms with E-state index in [2.05, 4.69) is 62.9 Å². The molecule has 0 unspecified atom stereocenters. The lowest BCUT2D eigenvalue weighted by Gasteiger charge is -2.16. The van der Waals surface area contributed by atoms with Gasteiger partial charge in [0.15, 0.2) is 0 Å². The van der Waals surface area contributed by atoms with Gasteiger partial charge in [0.05, 0.1) is 0 Å². The molecule has 2 rings (SSSR count). The van der Waals surface area contributed by atoms with Crippen molar-refractivity contribution in [3.63, 3.8) is 0 Å². The lowest BCUT2D eigenvalue weighted by atomic mass is 9.89. The summed E-state index contributed by atoms with van der Waals surface area (Å²) in [5.74, 6) is 0. The second-order valence-electron chi connectivity index (χ2n) is 4.75. The number of benzene rings is 1. The first kappa shape index (κ1) is 9.14. The van der Waals surface area contributed by atoms with Crippen LogP contribution in [0.4, 0.5) is 0 Å². The molecule has 0 aliphatic carbocycles. The van der Waals surface area contributed by atoms with Crippen molar-refractivity contribution >= 4 is 11.8 Å². The van der Waals surface area contributed by atoms with Crippen LogP contribution in [0.2, 0.25) is 0 Å². The summed E-state index contributed by atoms with van der Waals surface area (Å²) in [6.45, 7) is 6.98. The molecular formula is C12H16S. The van der Waals surface area contributed by atoms with E-state index in [1.165, 1.54) is 5.56 Å². The lowest BCUT2D eigenvalue weighted by molar-refractivity contribution is 0.417. The van der Waals surface area contributed by atoms with Gasteiger partial charge in [0, 0.05) is 10.5 Å². The highest BCUT2D eigenvalue weighted by Crippen LogP contribution is 2.61. The number of rotatable bonds is 1. The van der Waals surface area contributed by atoms with Crippen molar-refractivity contribution in [2.24, 2.45) is 5.41 Å². The van der Waals surface area contributed by atoms with Gasteiger partial charge in [0.25, 0.3) is 0 Å². The molecule has 13 heavy (non-hydrogen) atoms. The van der Waals surface area contributed by atoms with Gasteiger partial charge >= 0.3 is 0 Å². The maximum atomic E-state index is 2.33. The first-order chi connectivity index (χ1) is 6.09. The fourth-order valence-electron chi connectivity index (χ4n) is 1.67. The number of hydrogen-bond acceptors (Lipinski definition) is 1. The zero-order chi connectivity index (χ0) is 9.47. The van der Waals surface area contributed by atoms with Crippen LogP contribution < -0.4 is 0 Å². The van der Waals surface area contributed by atoms with Gasteiger partial charge in [-0.25, -0.2) is 0 Å². The minimum atomic E-state index is 0.450. The van der Waals surface area contributed by atoms with Crippen LogP contribution >= 0.6 is 11.8 Å². The van der Waals surface area contributed by atoms with Gasteiger partial charge in [-0.05, 0) is 11.0 Å². The van der Waals surface area contributed by atoms with E-state index in [1.807, 2.05) is 0 Å². The van der Waals surface area contributed by atoms with Gasteiger partial charge in [-0.1, -0.05) is 51.1 Å². The summed E-state index contributed by atoms with van der Waals surface area (Å²) in [6.07, 6.45) is 0. The molecule has 1 aliphatic rings. The third-order valence-corrected chi connectivity index (χ3v) is 4.27. The van der Waals surface area contributed by atoms with Crippen molar-refractivity contribution in [1.29, 1.82) is 0 Å². The molecule has 2 atom stereocenters. The average Bonchev–Trinajstić information content (AvgIpc) is 2.83. The van der Waals surface area contributed by atoms with Crippen LogP contribution in [0.25, 0.3) is 0 Å². The van der Waals surface area contributed by atoms with Gasteiger partial charge in [-0.2, -0.15) is 0 Å². The highest BCUT2D eigenvalue weighted by Gasteiger charge is 2.46. The predicted octanol–water partition coefficient (Wildman–Crippen LogP) is 3.89. The molecule has 1 fully saturated rings. The first-order valence-corrected chi connectivity index (χ1v) is 5.74. The van der Waals surface area contributed by atoms with E-state index in [4.69, 9.17) is 0 Å². The maximum Gasteiger partial charge on any atom is 0.0424 e. The first-order valence-electron chi connectivity index (χ1n) is 4.79. The molecular weight excluding hydrogens is 176 g/mol. The van der Waals surface area contributed by atoms with E-state index in [1.54, 1.807) is 0 Å². The summed E-state index contributed by atoms with van der Waals surface area (Å²) in [6, 6.07) is 10.8. The van der Waals surface area contributed by atoms with Crippen LogP contribution in [0.15, 0.2) is 30.3 Å². The molecule has 1 heteroatoms. The van der Waals surface area contributed by atoms with Crippen LogP contribution in [0.5, 0.6) is 0 Å². The minimum absolute atomic E-state index is 0.450. The highest BCUT2D eigenvalue weighted by molar-refractivity contribution is 8.07. The maximum absolute atomic E-state index is 2.33. The Kier molecular flexibility index (Phi) is 2.15. The quantitative estimate of drug-likeness (QED) is 0.608. The van der Waals surface area contributed by atoms with Crippen LogP contribution in [-0.2, 0) is 0 Å². The Bertz CT molecular complexity index is 284. The molecule has 0 bridgehead atoms. The molecule has 0 nitrogen and oxygen atoms in total. The zero-order valence-corrected chi connectivity index (χ0v) is 9.27. The summed E-state index contributed by atoms with van der Waals surface area (Å²) in [7, 11) is 0. The summed E-state index contributed by atoms with van der Waals surface area (Å²) in [5.41, 5.74) is 1.94. The van der Waals surface area contributed by atoms with E-state index >= 15 is 0 Å². The van der Waals surface area contributed by atoms with Crippen LogP contribution in [-0.4, -0.2) is 5.25 Å². The van der Waals surface area contributed by atoms with Crippen LogP contribution in [0, 0.1) is 5.41 Å². The van der Waals surface area contributed by atoms with E-state index in [0.717, 1.165) is 10.5 Å². The van der Waals surface area contributed by atoms with Crippen molar-refractivity contribution in [1.82, 2.24) is 0 Å². The van der Waals surface area contributed by atoms with Gasteiger partial charge in [-0.15, -0.1) is 11.8 Å². The fraction of sp³-hybridized carbons (Fsp3) is 0.500. The smallest absolute Gasteiger partial charge is 0.0424 e. The molecule has 0 amide bonds. The Balaban J connectivity index is 2.09. The number of hydrogen-bond donors (Lipinski definition) is 0. The summed E-state index contributed by atoms with van der Waals surface area (Å²) in [4.78, 5) is 0. The molecule has 1 aliphatic heterocycles. The number of thioether (sulfide) groups is 1. The molecule has 0 saturated carbocycles. The van der Waals surface area contributed by atoms with E-state index < -0.39 is 0 Å². The molecule has 0 aromatic heterocycles. The summed E-state index contributed by atoms with van der Waals surface area (Å²) >= 11 is 2.10. The second kappa shape index (κ2) is 3.06. The van der Waals surface area contributed by atoms with Crippen molar-refractivity contribution in [3.8, 4) is 0 Å². The largest absolute Gasteiger partial charge is 0.147 e. The molecule has 70 valence electrons. The Morgan fingerprint density at radius 3 is 2.15 bits per heavy atom. The lowest BCUT2D eigenvalue weighted by Crippen LogP contribution is -2.13. The standard InChI is InChI=1S/C12H16S/c1-12(2,3)11-10(13-11)9-7-5-4-6-8-9/h4-8,10-11H,1-3H3/t10-,11+/m0/s1. The Hall–Kier alpha value is -0.430. The minimum Gasteiger partial charge on any atom is -0.147 e. The predicted molar refractivity (Wildman–Crippen MR) is 60.0 cm³/mol. The second-order valence-corrected chi connectivity index (χ2v) is 6.04. The van der Waals surface area contributed by atoms with Crippen molar-refractivity contribution in [2.75, 3.05) is 0 Å². The molecule has 0 spiro atoms. The highest BCUT2D eigenvalue weighted by atomic mass is 32.2. The zero-order valence-electron chi connectivity index (χ0n) is 8.45. The Morgan fingerprint density at radius 2 is 1.69 bits per heavy atom. The van der Waals surface area contributed by atoms with Gasteiger partial charge < -0.3 is 0 Å². The molecule has 0 N–H and O–H groups in total. The van der Waals surface area contributed by atoms with Crippen LogP contribution in [0.3, 0.4) is 0 Å². The van der Waals surface area contributed by atoms with Crippen molar-refractivity contribution in [2.45, 2.75) is 31.3 Å². The van der Waals surface area contributed by atoms with E-state index in [0.29, 0.717) is 5.41 Å². The third kappa shape index (κ3) is 1.91. The van der Waals surface area contributed by atoms with Crippen LogP contribution in [0.1, 0.15) is 31.6 Å². The molecule has 1 aromatic carbocycles. The van der Waals surface area contributed by atoms with Gasteiger partial charge in [0.1, 0.15) is 0 Å². The van der Waals surface area contributed by atoms with Gasteiger partial charge in [0.2, 0.25) is 0 Å². The SMILES string of the molecule is CC(C)(C)[C@@H]1S[C@H]1c1ccccc1. The molecule has 0 radical (unpaired) electrons. The van der Waals surface area contributed by atoms with Crippen molar-refractivity contribution < 1.29 is 0 Å². The summed E-state index contributed by atoms with van der Waals surface area (Å²) in [5, 5.41) is 1.57. The topological polar surface area (TPSA) is 0 Å². The van der Waals surface area contributed by atoms with Crippen molar-refractivity contribution in [3.05, 3.63) is 35.9 Å². The normalized spacial score (nSPS) is 27.3. The molecule has 1 heterocycles.